The van der Waals surface area contributed by atoms with Crippen molar-refractivity contribution in [3.05, 3.63) is 26.0 Å². The lowest BCUT2D eigenvalue weighted by Gasteiger charge is -2.07. The molecule has 0 fully saturated rings. The first-order valence-electron chi connectivity index (χ1n) is 2.80. The van der Waals surface area contributed by atoms with E-state index in [1.165, 1.54) is 12.1 Å². The molecule has 0 aliphatic heterocycles. The Bertz CT molecular complexity index is 299. The fraction of sp³-hybridized carbons (Fsp3) is 0.167. The molecule has 1 rings (SSSR count). The zero-order valence-corrected chi connectivity index (χ0v) is 9.24. The van der Waals surface area contributed by atoms with Crippen LogP contribution < -0.4 is 0 Å². The van der Waals surface area contributed by atoms with Crippen LogP contribution in [0.15, 0.2) is 16.7 Å². The molecule has 6 heteroatoms. The summed E-state index contributed by atoms with van der Waals surface area (Å²) >= 11 is 4.47. The van der Waals surface area contributed by atoms with Crippen molar-refractivity contribution in [3.63, 3.8) is 0 Å². The smallest absolute Gasteiger partial charge is 0.235 e. The van der Waals surface area contributed by atoms with E-state index in [0.717, 1.165) is 0 Å². The van der Waals surface area contributed by atoms with E-state index in [9.17, 15) is 13.2 Å². The van der Waals surface area contributed by atoms with Crippen LogP contribution in [0.2, 0.25) is 0 Å². The van der Waals surface area contributed by atoms with Crippen LogP contribution in [0.5, 0.6) is 0 Å². The van der Waals surface area contributed by atoms with Crippen LogP contribution in [-0.4, -0.2) is 4.98 Å². The Morgan fingerprint density at radius 3 is 2.33 bits per heavy atom. The Balaban J connectivity index is 3.23. The van der Waals surface area contributed by atoms with Gasteiger partial charge in [0.05, 0.1) is 0 Å². The van der Waals surface area contributed by atoms with Crippen molar-refractivity contribution >= 4 is 38.5 Å². The summed E-state index contributed by atoms with van der Waals surface area (Å²) in [6.07, 6.45) is -4.37. The molecule has 1 heterocycles. The lowest BCUT2D eigenvalue weighted by Crippen LogP contribution is -2.10. The van der Waals surface area contributed by atoms with E-state index in [-0.39, 0.29) is 8.17 Å². The molecule has 0 saturated carbocycles. The second kappa shape index (κ2) is 3.49. The van der Waals surface area contributed by atoms with Crippen LogP contribution in [0.1, 0.15) is 5.69 Å². The fourth-order valence-corrected chi connectivity index (χ4v) is 1.53. The highest BCUT2D eigenvalue weighted by atomic mass is 127. The Morgan fingerprint density at radius 1 is 1.33 bits per heavy atom. The van der Waals surface area contributed by atoms with Crippen molar-refractivity contribution < 1.29 is 13.2 Å². The molecule has 0 atom stereocenters. The third kappa shape index (κ3) is 2.32. The number of rotatable bonds is 0. The molecule has 1 nitrogen and oxygen atoms in total. The summed E-state index contributed by atoms with van der Waals surface area (Å²) in [6.45, 7) is 0. The van der Waals surface area contributed by atoms with Gasteiger partial charge in [0.1, 0.15) is 4.60 Å². The normalized spacial score (nSPS) is 11.8. The molecule has 0 spiro atoms. The summed E-state index contributed by atoms with van der Waals surface area (Å²) in [5.41, 5.74) is -0.850. The van der Waals surface area contributed by atoms with E-state index in [2.05, 4.69) is 20.9 Å². The number of halogens is 5. The number of hydrogen-bond donors (Lipinski definition) is 0. The van der Waals surface area contributed by atoms with Gasteiger partial charge in [-0.3, -0.25) is 0 Å². The first-order chi connectivity index (χ1) is 5.41. The van der Waals surface area contributed by atoms with E-state index in [1.807, 2.05) is 0 Å². The van der Waals surface area contributed by atoms with Gasteiger partial charge in [-0.2, -0.15) is 13.2 Å². The van der Waals surface area contributed by atoms with Gasteiger partial charge in [0.2, 0.25) is 0 Å². The van der Waals surface area contributed by atoms with Crippen molar-refractivity contribution in [1.82, 2.24) is 4.98 Å². The third-order valence-corrected chi connectivity index (χ3v) is 2.39. The topological polar surface area (TPSA) is 12.9 Å². The Labute approximate surface area is 88.6 Å². The number of nitrogens with zero attached hydrogens (tertiary/aromatic N) is 1. The molecule has 0 aromatic carbocycles. The van der Waals surface area contributed by atoms with Crippen LogP contribution in [0, 0.1) is 3.57 Å². The van der Waals surface area contributed by atoms with Crippen LogP contribution >= 0.6 is 38.5 Å². The first kappa shape index (κ1) is 10.2. The second-order valence-corrected chi connectivity index (χ2v) is 3.94. The summed E-state index contributed by atoms with van der Waals surface area (Å²) in [7, 11) is 0. The van der Waals surface area contributed by atoms with Gasteiger partial charge in [-0.25, -0.2) is 4.98 Å². The van der Waals surface area contributed by atoms with Crippen molar-refractivity contribution in [2.75, 3.05) is 0 Å². The van der Waals surface area contributed by atoms with E-state index in [4.69, 9.17) is 0 Å². The van der Waals surface area contributed by atoms with Crippen LogP contribution in [0.3, 0.4) is 0 Å². The largest absolute Gasteiger partial charge is 0.434 e. The van der Waals surface area contributed by atoms with Crippen molar-refractivity contribution in [1.29, 1.82) is 0 Å². The predicted molar refractivity (Wildman–Crippen MR) is 49.7 cm³/mol. The highest BCUT2D eigenvalue weighted by molar-refractivity contribution is 14.1. The lowest BCUT2D eigenvalue weighted by molar-refractivity contribution is -0.142. The summed E-state index contributed by atoms with van der Waals surface area (Å²) in [6, 6.07) is 2.83. The highest BCUT2D eigenvalue weighted by Gasteiger charge is 2.34. The summed E-state index contributed by atoms with van der Waals surface area (Å²) < 4.78 is 36.7. The van der Waals surface area contributed by atoms with Crippen molar-refractivity contribution in [3.8, 4) is 0 Å². The minimum Gasteiger partial charge on any atom is -0.235 e. The standard InChI is InChI=1S/C6H2BrF3IN/c7-4-2-1-3(11)5(12-4)6(8,9)10/h1-2H. The Kier molecular flexibility index (Phi) is 2.97. The zero-order chi connectivity index (χ0) is 9.35. The maximum Gasteiger partial charge on any atom is 0.434 e. The minimum atomic E-state index is -4.37. The summed E-state index contributed by atoms with van der Waals surface area (Å²) in [4.78, 5) is 3.33. The first-order valence-corrected chi connectivity index (χ1v) is 4.67. The molecule has 12 heavy (non-hydrogen) atoms. The minimum absolute atomic E-state index is 0.100. The molecule has 66 valence electrons. The molecule has 1 aromatic rings. The molecule has 0 saturated heterocycles. The molecule has 0 radical (unpaired) electrons. The molecular formula is C6H2BrF3IN. The molecule has 0 amide bonds. The van der Waals surface area contributed by atoms with E-state index < -0.39 is 11.9 Å². The zero-order valence-electron chi connectivity index (χ0n) is 5.49. The number of alkyl halides is 3. The van der Waals surface area contributed by atoms with Gasteiger partial charge in [0.15, 0.2) is 5.69 Å². The molecule has 0 unspecified atom stereocenters. The monoisotopic (exact) mass is 351 g/mol. The third-order valence-electron chi connectivity index (χ3n) is 1.08. The maximum atomic E-state index is 12.1. The summed E-state index contributed by atoms with van der Waals surface area (Å²) in [5.74, 6) is 0. The summed E-state index contributed by atoms with van der Waals surface area (Å²) in [5, 5.41) is 0. The number of pyridine rings is 1. The SMILES string of the molecule is FC(F)(F)c1nc(Br)ccc1I. The molecular weight excluding hydrogens is 350 g/mol. The van der Waals surface area contributed by atoms with Crippen molar-refractivity contribution in [2.24, 2.45) is 0 Å². The van der Waals surface area contributed by atoms with Gasteiger partial charge in [-0.05, 0) is 50.7 Å². The lowest BCUT2D eigenvalue weighted by atomic mass is 10.3. The number of hydrogen-bond acceptors (Lipinski definition) is 1. The van der Waals surface area contributed by atoms with Crippen LogP contribution in [-0.2, 0) is 6.18 Å². The Morgan fingerprint density at radius 2 is 1.92 bits per heavy atom. The Hall–Kier alpha value is 0.150. The van der Waals surface area contributed by atoms with Gasteiger partial charge < -0.3 is 0 Å². The molecule has 0 aliphatic rings. The van der Waals surface area contributed by atoms with E-state index in [0.29, 0.717) is 0 Å². The average Bonchev–Trinajstić information content (AvgIpc) is 1.92. The number of aromatic nitrogens is 1. The maximum absolute atomic E-state index is 12.1. The second-order valence-electron chi connectivity index (χ2n) is 1.96. The average molecular weight is 352 g/mol. The van der Waals surface area contributed by atoms with E-state index >= 15 is 0 Å². The van der Waals surface area contributed by atoms with Crippen molar-refractivity contribution in [2.45, 2.75) is 6.18 Å². The molecule has 0 bridgehead atoms. The fourth-order valence-electron chi connectivity index (χ4n) is 0.617. The van der Waals surface area contributed by atoms with Gasteiger partial charge in [-0.1, -0.05) is 0 Å². The van der Waals surface area contributed by atoms with Gasteiger partial charge in [0, 0.05) is 3.57 Å². The van der Waals surface area contributed by atoms with Gasteiger partial charge in [0.25, 0.3) is 0 Å². The van der Waals surface area contributed by atoms with E-state index in [1.54, 1.807) is 22.6 Å². The predicted octanol–water partition coefficient (Wildman–Crippen LogP) is 3.47. The van der Waals surface area contributed by atoms with Crippen LogP contribution in [0.4, 0.5) is 13.2 Å². The van der Waals surface area contributed by atoms with Gasteiger partial charge >= 0.3 is 6.18 Å². The molecule has 1 aromatic heterocycles. The van der Waals surface area contributed by atoms with Crippen LogP contribution in [0.25, 0.3) is 0 Å². The quantitative estimate of drug-likeness (QED) is 0.515. The molecule has 0 aliphatic carbocycles. The molecule has 0 N–H and O–H groups in total. The van der Waals surface area contributed by atoms with Gasteiger partial charge in [-0.15, -0.1) is 0 Å². The highest BCUT2D eigenvalue weighted by Crippen LogP contribution is 2.31.